The van der Waals surface area contributed by atoms with E-state index in [4.69, 9.17) is 19.7 Å². The summed E-state index contributed by atoms with van der Waals surface area (Å²) in [5, 5.41) is 47.2. The van der Waals surface area contributed by atoms with Crippen LogP contribution in [-0.4, -0.2) is 68.8 Å². The molecular weight excluding hydrogens is 296 g/mol. The van der Waals surface area contributed by atoms with Crippen LogP contribution in [0.25, 0.3) is 0 Å². The van der Waals surface area contributed by atoms with Crippen LogP contribution in [0.1, 0.15) is 15.9 Å². The fourth-order valence-electron chi connectivity index (χ4n) is 2.20. The molecule has 1 fully saturated rings. The Morgan fingerprint density at radius 2 is 1.91 bits per heavy atom. The van der Waals surface area contributed by atoms with E-state index in [1.54, 1.807) is 6.92 Å². The standard InChI is InChI=1S/C14H18O8/c1-6-4-7(13(19)20)2-3-8(6)21-14-12(18)11(17)10(16)9(5-15)22-14/h2-4,9-12,14-18H,5H2,1H3,(H,19,20)/t9-,10-,11+,12-,14-/m1/s1. The molecule has 2 rings (SSSR count). The van der Waals surface area contributed by atoms with Gasteiger partial charge in [0.05, 0.1) is 12.2 Å². The molecule has 1 saturated heterocycles. The summed E-state index contributed by atoms with van der Waals surface area (Å²) in [6.45, 7) is 1.06. The molecule has 1 aliphatic heterocycles. The molecular formula is C14H18O8. The molecule has 122 valence electrons. The van der Waals surface area contributed by atoms with E-state index in [9.17, 15) is 20.1 Å². The molecule has 0 spiro atoms. The van der Waals surface area contributed by atoms with Crippen molar-refractivity contribution in [1.82, 2.24) is 0 Å². The molecule has 1 aromatic carbocycles. The van der Waals surface area contributed by atoms with Crippen LogP contribution in [0.5, 0.6) is 5.75 Å². The lowest BCUT2D eigenvalue weighted by Gasteiger charge is -2.39. The topological polar surface area (TPSA) is 137 Å². The number of aromatic carboxylic acids is 1. The highest BCUT2D eigenvalue weighted by molar-refractivity contribution is 5.88. The van der Waals surface area contributed by atoms with E-state index in [0.29, 0.717) is 5.56 Å². The maximum absolute atomic E-state index is 10.9. The summed E-state index contributed by atoms with van der Waals surface area (Å²) in [5.41, 5.74) is 0.579. The quantitative estimate of drug-likeness (QED) is 0.471. The normalized spacial score (nSPS) is 31.8. The number of hydrogen-bond donors (Lipinski definition) is 5. The summed E-state index contributed by atoms with van der Waals surface area (Å²) in [7, 11) is 0. The number of aliphatic hydroxyl groups excluding tert-OH is 4. The van der Waals surface area contributed by atoms with Gasteiger partial charge in [0.2, 0.25) is 6.29 Å². The molecule has 0 unspecified atom stereocenters. The van der Waals surface area contributed by atoms with Gasteiger partial charge in [-0.1, -0.05) is 0 Å². The van der Waals surface area contributed by atoms with Crippen LogP contribution in [0.15, 0.2) is 18.2 Å². The molecule has 1 aromatic rings. The average Bonchev–Trinajstić information content (AvgIpc) is 2.49. The third-order valence-electron chi connectivity index (χ3n) is 3.51. The predicted octanol–water partition coefficient (Wildman–Crippen LogP) is -1.13. The minimum Gasteiger partial charge on any atom is -0.478 e. The fraction of sp³-hybridized carbons (Fsp3) is 0.500. The lowest BCUT2D eigenvalue weighted by Crippen LogP contribution is -2.60. The Morgan fingerprint density at radius 3 is 2.45 bits per heavy atom. The molecule has 8 nitrogen and oxygen atoms in total. The van der Waals surface area contributed by atoms with Gasteiger partial charge in [0.15, 0.2) is 0 Å². The molecule has 0 bridgehead atoms. The van der Waals surface area contributed by atoms with Gasteiger partial charge in [-0.15, -0.1) is 0 Å². The number of ether oxygens (including phenoxy) is 2. The van der Waals surface area contributed by atoms with Crippen molar-refractivity contribution in [2.75, 3.05) is 6.61 Å². The van der Waals surface area contributed by atoms with Crippen LogP contribution in [0.2, 0.25) is 0 Å². The summed E-state index contributed by atoms with van der Waals surface area (Å²) in [6.07, 6.45) is -6.88. The lowest BCUT2D eigenvalue weighted by molar-refractivity contribution is -0.277. The Balaban J connectivity index is 2.17. The summed E-state index contributed by atoms with van der Waals surface area (Å²) in [5.74, 6) is -0.822. The summed E-state index contributed by atoms with van der Waals surface area (Å²) < 4.78 is 10.7. The number of carbonyl (C=O) groups is 1. The minimum atomic E-state index is -1.53. The second-order valence-electron chi connectivity index (χ2n) is 5.10. The van der Waals surface area contributed by atoms with Crippen LogP contribution in [0, 0.1) is 6.92 Å². The third-order valence-corrected chi connectivity index (χ3v) is 3.51. The van der Waals surface area contributed by atoms with E-state index in [-0.39, 0.29) is 11.3 Å². The maximum atomic E-state index is 10.9. The van der Waals surface area contributed by atoms with Crippen LogP contribution >= 0.6 is 0 Å². The van der Waals surface area contributed by atoms with Gasteiger partial charge in [-0.05, 0) is 30.7 Å². The van der Waals surface area contributed by atoms with E-state index in [2.05, 4.69) is 0 Å². The van der Waals surface area contributed by atoms with Crippen molar-refractivity contribution in [3.8, 4) is 5.75 Å². The zero-order valence-electron chi connectivity index (χ0n) is 11.8. The molecule has 0 saturated carbocycles. The molecule has 0 aliphatic carbocycles. The Hall–Kier alpha value is -1.71. The Bertz CT molecular complexity index is 544. The first-order valence-corrected chi connectivity index (χ1v) is 6.66. The van der Waals surface area contributed by atoms with Gasteiger partial charge in [0, 0.05) is 0 Å². The number of carboxylic acid groups (broad SMARTS) is 1. The average molecular weight is 314 g/mol. The van der Waals surface area contributed by atoms with Crippen LogP contribution in [-0.2, 0) is 4.74 Å². The van der Waals surface area contributed by atoms with Gasteiger partial charge in [-0.25, -0.2) is 4.79 Å². The predicted molar refractivity (Wildman–Crippen MR) is 72.5 cm³/mol. The van der Waals surface area contributed by atoms with Crippen molar-refractivity contribution in [3.63, 3.8) is 0 Å². The molecule has 22 heavy (non-hydrogen) atoms. The van der Waals surface area contributed by atoms with Crippen molar-refractivity contribution in [2.24, 2.45) is 0 Å². The van der Waals surface area contributed by atoms with E-state index in [0.717, 1.165) is 0 Å². The fourth-order valence-corrected chi connectivity index (χ4v) is 2.20. The van der Waals surface area contributed by atoms with Gasteiger partial charge in [0.1, 0.15) is 30.2 Å². The van der Waals surface area contributed by atoms with Gasteiger partial charge in [-0.2, -0.15) is 0 Å². The zero-order chi connectivity index (χ0) is 16.4. The van der Waals surface area contributed by atoms with E-state index in [1.807, 2.05) is 0 Å². The lowest BCUT2D eigenvalue weighted by atomic mass is 9.99. The molecule has 1 heterocycles. The molecule has 5 atom stereocenters. The van der Waals surface area contributed by atoms with Crippen LogP contribution in [0.3, 0.4) is 0 Å². The molecule has 5 N–H and O–H groups in total. The number of hydrogen-bond acceptors (Lipinski definition) is 7. The molecule has 8 heteroatoms. The van der Waals surface area contributed by atoms with Crippen LogP contribution in [0.4, 0.5) is 0 Å². The van der Waals surface area contributed by atoms with E-state index < -0.39 is 43.3 Å². The van der Waals surface area contributed by atoms with Crippen molar-refractivity contribution in [2.45, 2.75) is 37.6 Å². The smallest absolute Gasteiger partial charge is 0.335 e. The van der Waals surface area contributed by atoms with E-state index in [1.165, 1.54) is 18.2 Å². The summed E-state index contributed by atoms with van der Waals surface area (Å²) in [4.78, 5) is 10.9. The van der Waals surface area contributed by atoms with Gasteiger partial charge in [0.25, 0.3) is 0 Å². The van der Waals surface area contributed by atoms with E-state index >= 15 is 0 Å². The summed E-state index contributed by atoms with van der Waals surface area (Å²) >= 11 is 0. The Labute approximate surface area is 126 Å². The van der Waals surface area contributed by atoms with Crippen molar-refractivity contribution < 1.29 is 39.8 Å². The maximum Gasteiger partial charge on any atom is 0.335 e. The first kappa shape index (κ1) is 16.7. The van der Waals surface area contributed by atoms with Crippen molar-refractivity contribution in [1.29, 1.82) is 0 Å². The molecule has 0 radical (unpaired) electrons. The number of aryl methyl sites for hydroxylation is 1. The second kappa shape index (κ2) is 6.59. The highest BCUT2D eigenvalue weighted by Gasteiger charge is 2.44. The molecule has 0 aromatic heterocycles. The van der Waals surface area contributed by atoms with Gasteiger partial charge in [-0.3, -0.25) is 0 Å². The second-order valence-corrected chi connectivity index (χ2v) is 5.10. The number of carboxylic acids is 1. The SMILES string of the molecule is Cc1cc(C(=O)O)ccc1O[C@@H]1O[C@H](CO)[C@@H](O)[C@H](O)[C@H]1O. The molecule has 1 aliphatic rings. The monoisotopic (exact) mass is 314 g/mol. The third kappa shape index (κ3) is 3.21. The Morgan fingerprint density at radius 1 is 1.23 bits per heavy atom. The Kier molecular flexibility index (Phi) is 4.99. The first-order chi connectivity index (χ1) is 10.3. The zero-order valence-corrected chi connectivity index (χ0v) is 11.8. The number of aliphatic hydroxyl groups is 4. The van der Waals surface area contributed by atoms with Crippen LogP contribution < -0.4 is 4.74 Å². The van der Waals surface area contributed by atoms with Crippen molar-refractivity contribution in [3.05, 3.63) is 29.3 Å². The number of rotatable bonds is 4. The highest BCUT2D eigenvalue weighted by atomic mass is 16.7. The molecule has 0 amide bonds. The largest absolute Gasteiger partial charge is 0.478 e. The minimum absolute atomic E-state index is 0.0821. The highest BCUT2D eigenvalue weighted by Crippen LogP contribution is 2.26. The van der Waals surface area contributed by atoms with Gasteiger partial charge < -0.3 is 35.0 Å². The van der Waals surface area contributed by atoms with Gasteiger partial charge >= 0.3 is 5.97 Å². The summed E-state index contributed by atoms with van der Waals surface area (Å²) in [6, 6.07) is 4.12. The first-order valence-electron chi connectivity index (χ1n) is 6.66. The number of benzene rings is 1. The van der Waals surface area contributed by atoms with Crippen molar-refractivity contribution >= 4 is 5.97 Å².